The van der Waals surface area contributed by atoms with E-state index in [0.717, 1.165) is 18.4 Å². The molecule has 1 aromatic rings. The third-order valence-corrected chi connectivity index (χ3v) is 5.22. The number of rotatable bonds is 5. The van der Waals surface area contributed by atoms with Crippen molar-refractivity contribution >= 4 is 15.9 Å². The van der Waals surface area contributed by atoms with Gasteiger partial charge in [0.15, 0.2) is 0 Å². The van der Waals surface area contributed by atoms with Gasteiger partial charge in [-0.15, -0.1) is 0 Å². The molecule has 19 heavy (non-hydrogen) atoms. The lowest BCUT2D eigenvalue weighted by Gasteiger charge is -2.15. The van der Waals surface area contributed by atoms with Crippen LogP contribution >= 0.6 is 0 Å². The van der Waals surface area contributed by atoms with E-state index in [1.807, 2.05) is 0 Å². The average molecular weight is 281 g/mol. The summed E-state index contributed by atoms with van der Waals surface area (Å²) < 4.78 is 26.1. The average Bonchev–Trinajstić information content (AvgIpc) is 2.91. The maximum Gasteiger partial charge on any atom is 0.243 e. The number of hydrogen-bond donors (Lipinski definition) is 2. The zero-order chi connectivity index (χ0) is 13.9. The molecule has 0 bridgehead atoms. The van der Waals surface area contributed by atoms with Gasteiger partial charge in [-0.1, -0.05) is 12.1 Å². The molecule has 0 radical (unpaired) electrons. The maximum absolute atomic E-state index is 12.3. The van der Waals surface area contributed by atoms with Gasteiger partial charge >= 0.3 is 0 Å². The van der Waals surface area contributed by atoms with E-state index in [9.17, 15) is 8.42 Å². The first-order chi connectivity index (χ1) is 9.00. The first-order valence-electron chi connectivity index (χ1n) is 6.42. The summed E-state index contributed by atoms with van der Waals surface area (Å²) in [7, 11) is -3.32. The van der Waals surface area contributed by atoms with Crippen LogP contribution in [0.25, 0.3) is 0 Å². The molecule has 0 atom stereocenters. The van der Waals surface area contributed by atoms with Crippen molar-refractivity contribution in [2.75, 3.05) is 13.1 Å². The molecule has 1 aliphatic rings. The van der Waals surface area contributed by atoms with Crippen molar-refractivity contribution in [3.05, 3.63) is 29.8 Å². The second-order valence-corrected chi connectivity index (χ2v) is 6.72. The van der Waals surface area contributed by atoms with E-state index in [4.69, 9.17) is 11.1 Å². The van der Waals surface area contributed by atoms with E-state index in [0.29, 0.717) is 30.8 Å². The fraction of sp³-hybridized carbons (Fsp3) is 0.462. The van der Waals surface area contributed by atoms with Crippen molar-refractivity contribution in [1.29, 1.82) is 5.41 Å². The third-order valence-electron chi connectivity index (χ3n) is 3.31. The summed E-state index contributed by atoms with van der Waals surface area (Å²) in [5, 5.41) is 7.17. The number of nitrogens with zero attached hydrogens (tertiary/aromatic N) is 1. The van der Waals surface area contributed by atoms with Gasteiger partial charge in [-0.2, -0.15) is 4.31 Å². The molecule has 0 aromatic heterocycles. The number of amidine groups is 1. The van der Waals surface area contributed by atoms with Gasteiger partial charge in [0.1, 0.15) is 0 Å². The van der Waals surface area contributed by atoms with E-state index in [-0.39, 0.29) is 5.84 Å². The molecule has 0 spiro atoms. The van der Waals surface area contributed by atoms with Crippen LogP contribution in [-0.4, -0.2) is 31.6 Å². The Morgan fingerprint density at radius 2 is 1.79 bits per heavy atom. The predicted molar refractivity (Wildman–Crippen MR) is 74.7 cm³/mol. The first kappa shape index (κ1) is 14.0. The molecule has 0 unspecified atom stereocenters. The number of benzene rings is 1. The summed E-state index contributed by atoms with van der Waals surface area (Å²) in [5.41, 5.74) is 6.30. The Morgan fingerprint density at radius 3 is 2.32 bits per heavy atom. The van der Waals surface area contributed by atoms with Crippen LogP contribution in [0.3, 0.4) is 0 Å². The number of aryl methyl sites for hydroxylation is 1. The van der Waals surface area contributed by atoms with Crippen LogP contribution in [0.2, 0.25) is 0 Å². The Bertz CT molecular complexity index is 546. The molecular weight excluding hydrogens is 262 g/mol. The number of nitrogens with two attached hydrogens (primary N) is 1. The monoisotopic (exact) mass is 281 g/mol. The second kappa shape index (κ2) is 5.71. The highest BCUT2D eigenvalue weighted by Gasteiger charge is 2.26. The summed E-state index contributed by atoms with van der Waals surface area (Å²) >= 11 is 0. The molecule has 0 saturated carbocycles. The molecule has 0 aliphatic carbocycles. The minimum absolute atomic E-state index is 0.147. The van der Waals surface area contributed by atoms with Gasteiger partial charge in [0.05, 0.1) is 10.7 Å². The van der Waals surface area contributed by atoms with Crippen LogP contribution in [-0.2, 0) is 16.4 Å². The van der Waals surface area contributed by atoms with Crippen molar-refractivity contribution in [2.45, 2.75) is 30.6 Å². The summed E-state index contributed by atoms with van der Waals surface area (Å²) in [6.07, 6.45) is 3.05. The Kier molecular flexibility index (Phi) is 4.21. The highest BCUT2D eigenvalue weighted by atomic mass is 32.2. The predicted octanol–water partition coefficient (Wildman–Crippen LogP) is 1.34. The quantitative estimate of drug-likeness (QED) is 0.630. The van der Waals surface area contributed by atoms with E-state index in [1.54, 1.807) is 24.3 Å². The van der Waals surface area contributed by atoms with Crippen LogP contribution in [0.5, 0.6) is 0 Å². The van der Waals surface area contributed by atoms with E-state index >= 15 is 0 Å². The molecule has 1 aromatic carbocycles. The molecule has 1 heterocycles. The normalized spacial score (nSPS) is 16.6. The van der Waals surface area contributed by atoms with Gasteiger partial charge in [0, 0.05) is 19.5 Å². The molecule has 1 fully saturated rings. The first-order valence-corrected chi connectivity index (χ1v) is 7.86. The van der Waals surface area contributed by atoms with Crippen molar-refractivity contribution in [3.8, 4) is 0 Å². The largest absolute Gasteiger partial charge is 0.388 e. The number of nitrogens with one attached hydrogen (secondary N) is 1. The van der Waals surface area contributed by atoms with Crippen molar-refractivity contribution in [1.82, 2.24) is 4.31 Å². The molecular formula is C13H19N3O2S. The van der Waals surface area contributed by atoms with Gasteiger partial charge in [0.2, 0.25) is 10.0 Å². The Balaban J connectivity index is 2.11. The SMILES string of the molecule is N=C(N)CCc1ccc(S(=O)(=O)N2CCCC2)cc1. The van der Waals surface area contributed by atoms with Gasteiger partial charge in [-0.05, 0) is 37.0 Å². The minimum atomic E-state index is -3.32. The molecule has 2 rings (SSSR count). The highest BCUT2D eigenvalue weighted by molar-refractivity contribution is 7.89. The zero-order valence-corrected chi connectivity index (χ0v) is 11.6. The summed E-state index contributed by atoms with van der Waals surface area (Å²) in [6.45, 7) is 1.24. The highest BCUT2D eigenvalue weighted by Crippen LogP contribution is 2.21. The van der Waals surface area contributed by atoms with Gasteiger partial charge in [0.25, 0.3) is 0 Å². The van der Waals surface area contributed by atoms with E-state index in [1.165, 1.54) is 4.31 Å². The Labute approximate surface area is 114 Å². The smallest absolute Gasteiger partial charge is 0.243 e. The minimum Gasteiger partial charge on any atom is -0.388 e. The fourth-order valence-corrected chi connectivity index (χ4v) is 3.70. The van der Waals surface area contributed by atoms with Crippen molar-refractivity contribution in [2.24, 2.45) is 5.73 Å². The molecule has 3 N–H and O–H groups in total. The Hall–Kier alpha value is -1.40. The number of hydrogen-bond acceptors (Lipinski definition) is 3. The summed E-state index contributed by atoms with van der Waals surface area (Å²) in [6, 6.07) is 6.88. The topological polar surface area (TPSA) is 87.2 Å². The lowest BCUT2D eigenvalue weighted by molar-refractivity contribution is 0.477. The molecule has 104 valence electrons. The summed E-state index contributed by atoms with van der Waals surface area (Å²) in [5.74, 6) is 0.147. The second-order valence-electron chi connectivity index (χ2n) is 4.78. The molecule has 1 aliphatic heterocycles. The van der Waals surface area contributed by atoms with Crippen LogP contribution < -0.4 is 5.73 Å². The standard InChI is InChI=1S/C13H19N3O2S/c14-13(15)8-5-11-3-6-12(7-4-11)19(17,18)16-9-1-2-10-16/h3-4,6-7H,1-2,5,8-10H2,(H3,14,15). The fourth-order valence-electron chi connectivity index (χ4n) is 2.18. The van der Waals surface area contributed by atoms with Gasteiger partial charge in [-0.25, -0.2) is 8.42 Å². The third kappa shape index (κ3) is 3.33. The maximum atomic E-state index is 12.3. The molecule has 5 nitrogen and oxygen atoms in total. The van der Waals surface area contributed by atoms with E-state index < -0.39 is 10.0 Å². The number of sulfonamides is 1. The zero-order valence-electron chi connectivity index (χ0n) is 10.8. The Morgan fingerprint density at radius 1 is 1.21 bits per heavy atom. The lowest BCUT2D eigenvalue weighted by Crippen LogP contribution is -2.27. The van der Waals surface area contributed by atoms with Crippen molar-refractivity contribution < 1.29 is 8.42 Å². The molecule has 1 saturated heterocycles. The van der Waals surface area contributed by atoms with E-state index in [2.05, 4.69) is 0 Å². The van der Waals surface area contributed by atoms with Crippen LogP contribution in [0.1, 0.15) is 24.8 Å². The lowest BCUT2D eigenvalue weighted by atomic mass is 10.1. The van der Waals surface area contributed by atoms with Gasteiger partial charge in [-0.3, -0.25) is 5.41 Å². The molecule has 0 amide bonds. The van der Waals surface area contributed by atoms with Crippen LogP contribution in [0.15, 0.2) is 29.2 Å². The summed E-state index contributed by atoms with van der Waals surface area (Å²) in [4.78, 5) is 0.348. The van der Waals surface area contributed by atoms with Gasteiger partial charge < -0.3 is 5.73 Å². The van der Waals surface area contributed by atoms with Crippen LogP contribution in [0, 0.1) is 5.41 Å². The van der Waals surface area contributed by atoms with Crippen LogP contribution in [0.4, 0.5) is 0 Å². The molecule has 6 heteroatoms. The van der Waals surface area contributed by atoms with Crippen molar-refractivity contribution in [3.63, 3.8) is 0 Å².